The van der Waals surface area contributed by atoms with Crippen molar-refractivity contribution >= 4 is 29.1 Å². The highest BCUT2D eigenvalue weighted by Gasteiger charge is 2.75. The third-order valence-corrected chi connectivity index (χ3v) is 7.48. The molecule has 3 aromatic rings. The van der Waals surface area contributed by atoms with E-state index in [4.69, 9.17) is 16.3 Å². The molecule has 0 unspecified atom stereocenters. The number of rotatable bonds is 3. The number of ether oxygens (including phenoxy) is 1. The molecule has 0 saturated carbocycles. The normalized spacial score (nSPS) is 26.6. The van der Waals surface area contributed by atoms with Gasteiger partial charge in [0.05, 0.1) is 18.7 Å². The average Bonchev–Trinajstić information content (AvgIpc) is 3.09. The zero-order chi connectivity index (χ0) is 23.1. The zero-order valence-electron chi connectivity index (χ0n) is 17.4. The van der Waals surface area contributed by atoms with Gasteiger partial charge in [-0.25, -0.2) is 4.90 Å². The Morgan fingerprint density at radius 2 is 1.58 bits per heavy atom. The maximum Gasteiger partial charge on any atom is 0.285 e. The molecule has 3 aliphatic carbocycles. The SMILES string of the molecule is COc1ccc(Cl)cc1N1C(=O)[C@H]2C3c4ccccc4C([N+](=O)[O-])(c4ccccc43)[C@H]2C1=O. The molecule has 0 aromatic heterocycles. The van der Waals surface area contributed by atoms with E-state index in [9.17, 15) is 19.7 Å². The van der Waals surface area contributed by atoms with Crippen LogP contribution in [0, 0.1) is 22.0 Å². The number of methoxy groups -OCH3 is 1. The molecule has 2 amide bonds. The minimum Gasteiger partial charge on any atom is -0.495 e. The second-order valence-corrected chi connectivity index (χ2v) is 8.94. The van der Waals surface area contributed by atoms with E-state index >= 15 is 0 Å². The lowest BCUT2D eigenvalue weighted by molar-refractivity contribution is -0.578. The molecule has 8 heteroatoms. The quantitative estimate of drug-likeness (QED) is 0.333. The number of halogens is 1. The molecule has 33 heavy (non-hydrogen) atoms. The van der Waals surface area contributed by atoms with Gasteiger partial charge in [0.2, 0.25) is 11.8 Å². The van der Waals surface area contributed by atoms with E-state index in [2.05, 4.69) is 0 Å². The molecule has 1 fully saturated rings. The molecule has 7 rings (SSSR count). The number of imide groups is 1. The summed E-state index contributed by atoms with van der Waals surface area (Å²) in [6.45, 7) is 0. The van der Waals surface area contributed by atoms with Crippen molar-refractivity contribution in [2.75, 3.05) is 12.0 Å². The van der Waals surface area contributed by atoms with Crippen LogP contribution in [0.4, 0.5) is 5.69 Å². The lowest BCUT2D eigenvalue weighted by Gasteiger charge is -2.48. The lowest BCUT2D eigenvalue weighted by Crippen LogP contribution is -2.57. The summed E-state index contributed by atoms with van der Waals surface area (Å²) in [5.74, 6) is -3.36. The highest BCUT2D eigenvalue weighted by Crippen LogP contribution is 2.64. The molecule has 0 spiro atoms. The van der Waals surface area contributed by atoms with E-state index in [0.29, 0.717) is 16.1 Å². The van der Waals surface area contributed by atoms with Gasteiger partial charge in [-0.15, -0.1) is 0 Å². The van der Waals surface area contributed by atoms with Gasteiger partial charge >= 0.3 is 0 Å². The second-order valence-electron chi connectivity index (χ2n) is 8.51. The predicted molar refractivity (Wildman–Crippen MR) is 120 cm³/mol. The number of nitrogens with zero attached hydrogens (tertiary/aromatic N) is 2. The number of benzene rings is 3. The summed E-state index contributed by atoms with van der Waals surface area (Å²) in [5.41, 5.74) is 0.716. The van der Waals surface area contributed by atoms with Crippen molar-refractivity contribution in [2.45, 2.75) is 11.5 Å². The summed E-state index contributed by atoms with van der Waals surface area (Å²) in [6, 6.07) is 18.8. The van der Waals surface area contributed by atoms with Gasteiger partial charge in [0, 0.05) is 27.0 Å². The fraction of sp³-hybridized carbons (Fsp3) is 0.200. The Morgan fingerprint density at radius 3 is 2.15 bits per heavy atom. The van der Waals surface area contributed by atoms with E-state index < -0.39 is 35.1 Å². The molecule has 2 atom stereocenters. The first kappa shape index (κ1) is 19.9. The summed E-state index contributed by atoms with van der Waals surface area (Å²) < 4.78 is 5.39. The summed E-state index contributed by atoms with van der Waals surface area (Å²) in [7, 11) is 1.43. The highest BCUT2D eigenvalue weighted by molar-refractivity contribution is 6.31. The maximum absolute atomic E-state index is 14.0. The van der Waals surface area contributed by atoms with Gasteiger partial charge in [-0.2, -0.15) is 0 Å². The first-order valence-corrected chi connectivity index (χ1v) is 10.8. The van der Waals surface area contributed by atoms with E-state index in [1.54, 1.807) is 36.4 Å². The summed E-state index contributed by atoms with van der Waals surface area (Å²) in [4.78, 5) is 41.4. The van der Waals surface area contributed by atoms with Crippen molar-refractivity contribution in [3.63, 3.8) is 0 Å². The van der Waals surface area contributed by atoms with Crippen molar-refractivity contribution in [2.24, 2.45) is 11.8 Å². The average molecular weight is 461 g/mol. The van der Waals surface area contributed by atoms with Crippen LogP contribution in [0.15, 0.2) is 66.7 Å². The van der Waals surface area contributed by atoms with Gasteiger partial charge in [0.15, 0.2) is 0 Å². The van der Waals surface area contributed by atoms with Crippen molar-refractivity contribution in [1.82, 2.24) is 0 Å². The number of amides is 2. The van der Waals surface area contributed by atoms with Crippen molar-refractivity contribution in [3.05, 3.63) is 104 Å². The van der Waals surface area contributed by atoms with Gasteiger partial charge in [0.1, 0.15) is 11.7 Å². The number of hydrogen-bond acceptors (Lipinski definition) is 5. The van der Waals surface area contributed by atoms with Crippen LogP contribution in [-0.4, -0.2) is 23.8 Å². The first-order chi connectivity index (χ1) is 15.9. The first-order valence-electron chi connectivity index (χ1n) is 10.5. The molecule has 0 radical (unpaired) electrons. The third-order valence-electron chi connectivity index (χ3n) is 7.24. The predicted octanol–water partition coefficient (Wildman–Crippen LogP) is 4.13. The number of carbonyl (C=O) groups excluding carboxylic acids is 2. The lowest BCUT2D eigenvalue weighted by atomic mass is 9.51. The summed E-state index contributed by atoms with van der Waals surface area (Å²) >= 11 is 6.18. The molecule has 0 N–H and O–H groups in total. The number of carbonyl (C=O) groups is 2. The number of hydrogen-bond donors (Lipinski definition) is 0. The number of nitro groups is 1. The fourth-order valence-corrected chi connectivity index (χ4v) is 6.28. The monoisotopic (exact) mass is 460 g/mol. The van der Waals surface area contributed by atoms with Crippen LogP contribution in [0.2, 0.25) is 5.02 Å². The number of anilines is 1. The second kappa shape index (κ2) is 6.65. The van der Waals surface area contributed by atoms with Crippen molar-refractivity contribution < 1.29 is 19.2 Å². The fourth-order valence-electron chi connectivity index (χ4n) is 6.12. The molecule has 164 valence electrons. The Kier molecular flexibility index (Phi) is 4.02. The third kappa shape index (κ3) is 2.25. The Hall–Kier alpha value is -3.71. The van der Waals surface area contributed by atoms with Gasteiger partial charge in [-0.1, -0.05) is 60.1 Å². The molecular weight excluding hydrogens is 444 g/mol. The molecule has 2 bridgehead atoms. The minimum absolute atomic E-state index is 0.195. The van der Waals surface area contributed by atoms with Crippen LogP contribution in [0.3, 0.4) is 0 Å². The van der Waals surface area contributed by atoms with Gasteiger partial charge in [-0.05, 0) is 29.3 Å². The Bertz CT molecular complexity index is 1340. The van der Waals surface area contributed by atoms with Crippen LogP contribution < -0.4 is 9.64 Å². The Labute approximate surface area is 193 Å². The van der Waals surface area contributed by atoms with Crippen LogP contribution in [0.25, 0.3) is 0 Å². The molecular formula is C25H17ClN2O5. The molecule has 1 saturated heterocycles. The van der Waals surface area contributed by atoms with Gasteiger partial charge < -0.3 is 4.74 Å². The standard InChI is InChI=1S/C25H17ClN2O5/c1-33-19-11-10-13(26)12-18(19)27-23(29)21-20-14-6-2-4-8-16(14)25(28(31)32,22(21)24(27)30)17-9-5-3-7-15(17)20/h2-12,20-22H,1H3/t20?,21-,22+,25?/m0/s1. The molecule has 4 aliphatic rings. The Morgan fingerprint density at radius 1 is 0.970 bits per heavy atom. The van der Waals surface area contributed by atoms with E-state index in [-0.39, 0.29) is 16.4 Å². The van der Waals surface area contributed by atoms with E-state index in [1.165, 1.54) is 13.2 Å². The molecule has 1 aliphatic heterocycles. The summed E-state index contributed by atoms with van der Waals surface area (Å²) in [6.07, 6.45) is 0. The van der Waals surface area contributed by atoms with Crippen LogP contribution in [-0.2, 0) is 15.1 Å². The maximum atomic E-state index is 14.0. The largest absolute Gasteiger partial charge is 0.495 e. The van der Waals surface area contributed by atoms with Crippen molar-refractivity contribution in [1.29, 1.82) is 0 Å². The molecule has 3 aromatic carbocycles. The summed E-state index contributed by atoms with van der Waals surface area (Å²) in [5, 5.41) is 13.3. The Balaban J connectivity index is 1.67. The van der Waals surface area contributed by atoms with Crippen LogP contribution in [0.5, 0.6) is 5.75 Å². The smallest absolute Gasteiger partial charge is 0.285 e. The topological polar surface area (TPSA) is 89.8 Å². The minimum atomic E-state index is -1.86. The highest BCUT2D eigenvalue weighted by atomic mass is 35.5. The van der Waals surface area contributed by atoms with Crippen LogP contribution >= 0.6 is 11.6 Å². The van der Waals surface area contributed by atoms with Gasteiger partial charge in [-0.3, -0.25) is 19.7 Å². The zero-order valence-corrected chi connectivity index (χ0v) is 18.2. The van der Waals surface area contributed by atoms with E-state index in [1.807, 2.05) is 24.3 Å². The van der Waals surface area contributed by atoms with Crippen LogP contribution in [0.1, 0.15) is 28.2 Å². The van der Waals surface area contributed by atoms with E-state index in [0.717, 1.165) is 16.0 Å². The van der Waals surface area contributed by atoms with Gasteiger partial charge in [0.25, 0.3) is 5.54 Å². The van der Waals surface area contributed by atoms with Crippen molar-refractivity contribution in [3.8, 4) is 5.75 Å². The molecule has 7 nitrogen and oxygen atoms in total. The molecule has 1 heterocycles.